The van der Waals surface area contributed by atoms with Gasteiger partial charge in [-0.05, 0) is 86.6 Å². The summed E-state index contributed by atoms with van der Waals surface area (Å²) in [6.45, 7) is 4.69. The predicted molar refractivity (Wildman–Crippen MR) is 146 cm³/mol. The number of ether oxygens (including phenoxy) is 1. The van der Waals surface area contributed by atoms with Crippen LogP contribution in [0.1, 0.15) is 57.3 Å². The molecule has 3 heterocycles. The summed E-state index contributed by atoms with van der Waals surface area (Å²) in [6, 6.07) is 18.2. The van der Waals surface area contributed by atoms with Gasteiger partial charge in [0.05, 0.1) is 25.4 Å². The van der Waals surface area contributed by atoms with Crippen LogP contribution in [0.4, 0.5) is 10.5 Å². The number of carbonyl (C=O) groups excluding carboxylic acids is 1. The van der Waals surface area contributed by atoms with Gasteiger partial charge in [0.2, 0.25) is 0 Å². The quantitative estimate of drug-likeness (QED) is 0.326. The number of methoxy groups -OCH3 is 1. The maximum atomic E-state index is 14.1. The lowest BCUT2D eigenvalue weighted by atomic mass is 9.95. The fraction of sp³-hybridized carbons (Fsp3) is 0.300. The second-order valence-corrected chi connectivity index (χ2v) is 10.9. The minimum absolute atomic E-state index is 0.0915. The van der Waals surface area contributed by atoms with E-state index >= 15 is 0 Å². The van der Waals surface area contributed by atoms with Crippen molar-refractivity contribution in [2.45, 2.75) is 52.1 Å². The van der Waals surface area contributed by atoms with Crippen molar-refractivity contribution in [2.75, 3.05) is 12.4 Å². The van der Waals surface area contributed by atoms with E-state index in [4.69, 9.17) is 4.74 Å². The highest BCUT2D eigenvalue weighted by atomic mass is 32.1. The van der Waals surface area contributed by atoms with Crippen molar-refractivity contribution in [3.63, 3.8) is 0 Å². The summed E-state index contributed by atoms with van der Waals surface area (Å²) in [5.74, 6) is 0.789. The summed E-state index contributed by atoms with van der Waals surface area (Å²) in [6.07, 6.45) is 6.83. The van der Waals surface area contributed by atoms with E-state index in [1.807, 2.05) is 53.5 Å². The zero-order valence-corrected chi connectivity index (χ0v) is 21.8. The van der Waals surface area contributed by atoms with Crippen molar-refractivity contribution in [1.82, 2.24) is 9.47 Å². The molecule has 2 amide bonds. The number of hydrogen-bond donors (Lipinski definition) is 1. The lowest BCUT2D eigenvalue weighted by Crippen LogP contribution is -2.38. The number of hydrogen-bond acceptors (Lipinski definition) is 3. The van der Waals surface area contributed by atoms with Crippen LogP contribution >= 0.6 is 11.3 Å². The van der Waals surface area contributed by atoms with Gasteiger partial charge in [0, 0.05) is 22.3 Å². The van der Waals surface area contributed by atoms with Crippen molar-refractivity contribution in [2.24, 2.45) is 0 Å². The van der Waals surface area contributed by atoms with Crippen molar-refractivity contribution >= 4 is 23.1 Å². The smallest absolute Gasteiger partial charge is 0.322 e. The lowest BCUT2D eigenvalue weighted by molar-refractivity contribution is 0.194. The molecule has 6 heteroatoms. The summed E-state index contributed by atoms with van der Waals surface area (Å²) < 4.78 is 7.87. The molecule has 1 aliphatic heterocycles. The van der Waals surface area contributed by atoms with Crippen molar-refractivity contribution in [3.05, 3.63) is 99.2 Å². The SMILES string of the molecule is COc1cccc([C@H]2c3cccn3-c3sc4c(c3CN2C(=O)Nc2ccc(C)cc2C)CCCC4)c1. The van der Waals surface area contributed by atoms with Crippen LogP contribution in [0.15, 0.2) is 60.8 Å². The van der Waals surface area contributed by atoms with E-state index in [2.05, 4.69) is 47.3 Å². The van der Waals surface area contributed by atoms with Crippen LogP contribution < -0.4 is 10.1 Å². The topological polar surface area (TPSA) is 46.5 Å². The number of carbonyl (C=O) groups is 1. The van der Waals surface area contributed by atoms with Crippen molar-refractivity contribution in [1.29, 1.82) is 0 Å². The van der Waals surface area contributed by atoms with Gasteiger partial charge in [-0.25, -0.2) is 4.79 Å². The molecule has 36 heavy (non-hydrogen) atoms. The molecule has 1 aliphatic carbocycles. The maximum Gasteiger partial charge on any atom is 0.322 e. The standard InChI is InChI=1S/C30H31N3O2S/c1-19-13-14-25(20(2)16-19)31-30(34)33-18-24-23-10-4-5-12-27(23)36-29(24)32-15-7-11-26(32)28(33)21-8-6-9-22(17-21)35-3/h6-9,11,13-17,28H,4-5,10,12,18H2,1-3H3,(H,31,34)/t28-/m0/s1. The number of rotatable bonds is 3. The number of aromatic nitrogens is 1. The average molecular weight is 498 g/mol. The van der Waals surface area contributed by atoms with Gasteiger partial charge in [-0.1, -0.05) is 29.8 Å². The Labute approximate surface area is 216 Å². The molecule has 184 valence electrons. The number of urea groups is 1. The van der Waals surface area contributed by atoms with Crippen LogP contribution in [0.25, 0.3) is 5.00 Å². The first-order chi connectivity index (χ1) is 17.5. The Morgan fingerprint density at radius 2 is 1.89 bits per heavy atom. The van der Waals surface area contributed by atoms with Crippen molar-refractivity contribution < 1.29 is 9.53 Å². The van der Waals surface area contributed by atoms with Gasteiger partial charge in [0.1, 0.15) is 10.8 Å². The lowest BCUT2D eigenvalue weighted by Gasteiger charge is -2.32. The molecule has 0 saturated carbocycles. The number of thiophene rings is 1. The van der Waals surface area contributed by atoms with Crippen LogP contribution in [0, 0.1) is 13.8 Å². The summed E-state index contributed by atoms with van der Waals surface area (Å²) in [4.78, 5) is 17.6. The van der Waals surface area contributed by atoms with Crippen LogP contribution in [0.5, 0.6) is 5.75 Å². The Balaban J connectivity index is 1.50. The highest BCUT2D eigenvalue weighted by Crippen LogP contribution is 2.44. The third-order valence-electron chi connectivity index (χ3n) is 7.47. The fourth-order valence-corrected chi connectivity index (χ4v) is 7.09. The molecule has 0 unspecified atom stereocenters. The Hall–Kier alpha value is -3.51. The van der Waals surface area contributed by atoms with E-state index in [0.29, 0.717) is 6.54 Å². The molecule has 6 rings (SSSR count). The second-order valence-electron chi connectivity index (χ2n) is 9.85. The van der Waals surface area contributed by atoms with Gasteiger partial charge in [-0.2, -0.15) is 0 Å². The number of anilines is 1. The largest absolute Gasteiger partial charge is 0.497 e. The van der Waals surface area contributed by atoms with Gasteiger partial charge in [0.25, 0.3) is 0 Å². The molecule has 0 bridgehead atoms. The Kier molecular flexibility index (Phi) is 5.84. The Bertz CT molecular complexity index is 1450. The van der Waals surface area contributed by atoms with Crippen LogP contribution in [0.2, 0.25) is 0 Å². The zero-order valence-electron chi connectivity index (χ0n) is 21.0. The van der Waals surface area contributed by atoms with Crippen molar-refractivity contribution in [3.8, 4) is 10.8 Å². The van der Waals surface area contributed by atoms with Crippen LogP contribution in [-0.4, -0.2) is 22.6 Å². The van der Waals surface area contributed by atoms with Gasteiger partial charge in [-0.3, -0.25) is 0 Å². The molecule has 0 radical (unpaired) electrons. The number of nitrogens with zero attached hydrogens (tertiary/aromatic N) is 2. The molecule has 4 aromatic rings. The molecule has 1 N–H and O–H groups in total. The predicted octanol–water partition coefficient (Wildman–Crippen LogP) is 7.18. The number of fused-ring (bicyclic) bond motifs is 5. The first-order valence-electron chi connectivity index (χ1n) is 12.6. The first kappa shape index (κ1) is 22.9. The minimum Gasteiger partial charge on any atom is -0.497 e. The number of benzene rings is 2. The molecule has 0 fully saturated rings. The Morgan fingerprint density at radius 1 is 1.03 bits per heavy atom. The average Bonchev–Trinajstić information content (AvgIpc) is 3.47. The maximum absolute atomic E-state index is 14.1. The van der Waals surface area contributed by atoms with Crippen LogP contribution in [-0.2, 0) is 19.4 Å². The van der Waals surface area contributed by atoms with Crippen LogP contribution in [0.3, 0.4) is 0 Å². The molecular weight excluding hydrogens is 466 g/mol. The summed E-state index contributed by atoms with van der Waals surface area (Å²) >= 11 is 1.90. The Morgan fingerprint density at radius 3 is 2.72 bits per heavy atom. The number of amides is 2. The third-order valence-corrected chi connectivity index (χ3v) is 8.81. The first-order valence-corrected chi connectivity index (χ1v) is 13.4. The normalized spacial score (nSPS) is 16.5. The van der Waals surface area contributed by atoms with E-state index in [1.165, 1.54) is 39.4 Å². The zero-order chi connectivity index (χ0) is 24.8. The van der Waals surface area contributed by atoms with Gasteiger partial charge in [-0.15, -0.1) is 11.3 Å². The summed E-state index contributed by atoms with van der Waals surface area (Å²) in [5, 5.41) is 4.50. The van der Waals surface area contributed by atoms with Gasteiger partial charge in [0.15, 0.2) is 0 Å². The van der Waals surface area contributed by atoms with E-state index in [0.717, 1.165) is 41.1 Å². The van der Waals surface area contributed by atoms with E-state index in [1.54, 1.807) is 7.11 Å². The summed E-state index contributed by atoms with van der Waals surface area (Å²) in [5.41, 5.74) is 7.98. The molecule has 1 atom stereocenters. The third kappa shape index (κ3) is 3.90. The van der Waals surface area contributed by atoms with E-state index in [-0.39, 0.29) is 12.1 Å². The molecule has 5 nitrogen and oxygen atoms in total. The number of aryl methyl sites for hydroxylation is 3. The highest BCUT2D eigenvalue weighted by molar-refractivity contribution is 7.15. The molecule has 2 aromatic heterocycles. The molecule has 2 aromatic carbocycles. The van der Waals surface area contributed by atoms with E-state index < -0.39 is 0 Å². The molecule has 2 aliphatic rings. The number of nitrogens with one attached hydrogen (secondary N) is 1. The minimum atomic E-state index is -0.250. The van der Waals surface area contributed by atoms with Gasteiger partial charge < -0.3 is 19.5 Å². The molecular formula is C30H31N3O2S. The highest BCUT2D eigenvalue weighted by Gasteiger charge is 2.36. The fourth-order valence-electron chi connectivity index (χ4n) is 5.69. The van der Waals surface area contributed by atoms with E-state index in [9.17, 15) is 4.79 Å². The molecule has 0 spiro atoms. The summed E-state index contributed by atoms with van der Waals surface area (Å²) in [7, 11) is 1.68. The molecule has 0 saturated heterocycles. The van der Waals surface area contributed by atoms with Gasteiger partial charge >= 0.3 is 6.03 Å². The second kappa shape index (κ2) is 9.17. The monoisotopic (exact) mass is 497 g/mol.